The van der Waals surface area contributed by atoms with Crippen LogP contribution in [0.2, 0.25) is 0 Å². The van der Waals surface area contributed by atoms with Gasteiger partial charge >= 0.3 is 17.9 Å². The Kier molecular flexibility index (Phi) is 4.03. The highest BCUT2D eigenvalue weighted by Gasteiger charge is 2.69. The molecule has 2 aromatic rings. The number of methoxy groups -OCH3 is 3. The topological polar surface area (TPSA) is 78.9 Å². The monoisotopic (exact) mass is 380 g/mol. The molecule has 0 radical (unpaired) electrons. The fraction of sp³-hybridized carbons (Fsp3) is 0.318. The zero-order valence-corrected chi connectivity index (χ0v) is 15.9. The van der Waals surface area contributed by atoms with Crippen molar-refractivity contribution >= 4 is 17.9 Å². The van der Waals surface area contributed by atoms with Gasteiger partial charge in [0.1, 0.15) is 10.8 Å². The van der Waals surface area contributed by atoms with Crippen LogP contribution >= 0.6 is 0 Å². The molecule has 1 unspecified atom stereocenters. The minimum Gasteiger partial charge on any atom is -0.469 e. The lowest BCUT2D eigenvalue weighted by atomic mass is 9.45. The van der Waals surface area contributed by atoms with E-state index in [-0.39, 0.29) is 6.42 Å². The van der Waals surface area contributed by atoms with Gasteiger partial charge in [0, 0.05) is 0 Å². The summed E-state index contributed by atoms with van der Waals surface area (Å²) in [6, 6.07) is 14.4. The summed E-state index contributed by atoms with van der Waals surface area (Å²) >= 11 is 0. The van der Waals surface area contributed by atoms with E-state index in [2.05, 4.69) is 0 Å². The lowest BCUT2D eigenvalue weighted by Gasteiger charge is -2.55. The van der Waals surface area contributed by atoms with Gasteiger partial charge in [0.25, 0.3) is 0 Å². The molecule has 0 heterocycles. The molecule has 0 N–H and O–H groups in total. The molecule has 3 aliphatic rings. The highest BCUT2D eigenvalue weighted by molar-refractivity contribution is 6.03. The van der Waals surface area contributed by atoms with Crippen molar-refractivity contribution in [2.45, 2.75) is 17.3 Å². The quantitative estimate of drug-likeness (QED) is 0.599. The molecule has 2 bridgehead atoms. The number of fused-ring (bicyclic) bond motifs is 1. The van der Waals surface area contributed by atoms with Crippen LogP contribution < -0.4 is 0 Å². The Morgan fingerprint density at radius 2 is 1.21 bits per heavy atom. The second-order valence-electron chi connectivity index (χ2n) is 7.07. The summed E-state index contributed by atoms with van der Waals surface area (Å²) in [4.78, 5) is 39.4. The van der Waals surface area contributed by atoms with E-state index in [9.17, 15) is 14.4 Å². The largest absolute Gasteiger partial charge is 0.469 e. The van der Waals surface area contributed by atoms with Gasteiger partial charge in [-0.1, -0.05) is 48.5 Å². The van der Waals surface area contributed by atoms with Crippen LogP contribution in [0.25, 0.3) is 0 Å². The van der Waals surface area contributed by atoms with Gasteiger partial charge in [0.05, 0.1) is 27.2 Å². The van der Waals surface area contributed by atoms with Gasteiger partial charge < -0.3 is 14.2 Å². The Balaban J connectivity index is 2.21. The number of carbonyl (C=O) groups excluding carboxylic acids is 3. The van der Waals surface area contributed by atoms with E-state index in [1.165, 1.54) is 21.3 Å². The van der Waals surface area contributed by atoms with Crippen molar-refractivity contribution in [1.29, 1.82) is 0 Å². The van der Waals surface area contributed by atoms with Crippen LogP contribution in [0.3, 0.4) is 0 Å². The molecule has 0 amide bonds. The van der Waals surface area contributed by atoms with Crippen molar-refractivity contribution in [2.75, 3.05) is 21.3 Å². The number of hydrogen-bond acceptors (Lipinski definition) is 6. The first-order chi connectivity index (χ1) is 13.5. The molecule has 6 nitrogen and oxygen atoms in total. The zero-order valence-electron chi connectivity index (χ0n) is 15.9. The zero-order chi connectivity index (χ0) is 20.1. The average molecular weight is 380 g/mol. The Labute approximate surface area is 162 Å². The van der Waals surface area contributed by atoms with Crippen LogP contribution in [0.4, 0.5) is 0 Å². The van der Waals surface area contributed by atoms with Gasteiger partial charge in [-0.2, -0.15) is 0 Å². The van der Waals surface area contributed by atoms with Crippen LogP contribution in [0.5, 0.6) is 0 Å². The SMILES string of the molecule is COC(=O)C1CC2(C(=O)OC)c3ccccc3C1(C(=O)OC)c1ccccc12. The Bertz CT molecular complexity index is 945. The third kappa shape index (κ3) is 1.90. The number of carbonyl (C=O) groups is 3. The Morgan fingerprint density at radius 3 is 1.64 bits per heavy atom. The molecule has 5 rings (SSSR count). The highest BCUT2D eigenvalue weighted by Crippen LogP contribution is 2.62. The fourth-order valence-electron chi connectivity index (χ4n) is 5.15. The van der Waals surface area contributed by atoms with E-state index >= 15 is 0 Å². The van der Waals surface area contributed by atoms with E-state index in [1.54, 1.807) is 24.3 Å². The predicted molar refractivity (Wildman–Crippen MR) is 98.6 cm³/mol. The minimum absolute atomic E-state index is 0.0650. The first-order valence-electron chi connectivity index (χ1n) is 8.94. The third-order valence-electron chi connectivity index (χ3n) is 6.18. The van der Waals surface area contributed by atoms with E-state index in [0.29, 0.717) is 22.3 Å². The molecule has 0 saturated heterocycles. The van der Waals surface area contributed by atoms with Gasteiger partial charge in [-0.3, -0.25) is 14.4 Å². The molecule has 28 heavy (non-hydrogen) atoms. The molecule has 0 aromatic heterocycles. The number of esters is 3. The molecule has 0 spiro atoms. The number of benzene rings is 2. The first kappa shape index (κ1) is 18.2. The molecule has 1 atom stereocenters. The maximum atomic E-state index is 13.3. The average Bonchev–Trinajstić information content (AvgIpc) is 2.77. The number of rotatable bonds is 3. The number of ether oxygens (including phenoxy) is 3. The Morgan fingerprint density at radius 1 is 0.750 bits per heavy atom. The summed E-state index contributed by atoms with van der Waals surface area (Å²) in [5, 5.41) is 0. The number of hydrogen-bond donors (Lipinski definition) is 0. The van der Waals surface area contributed by atoms with Gasteiger partial charge in [-0.25, -0.2) is 0 Å². The fourth-order valence-corrected chi connectivity index (χ4v) is 5.15. The molecular formula is C22H20O6. The van der Waals surface area contributed by atoms with E-state index in [4.69, 9.17) is 14.2 Å². The van der Waals surface area contributed by atoms with Crippen molar-refractivity contribution in [3.63, 3.8) is 0 Å². The van der Waals surface area contributed by atoms with Crippen molar-refractivity contribution in [3.05, 3.63) is 70.8 Å². The Hall–Kier alpha value is -3.15. The second kappa shape index (κ2) is 6.19. The predicted octanol–water partition coefficient (Wildman–Crippen LogP) is 2.11. The molecule has 0 fully saturated rings. The van der Waals surface area contributed by atoms with Gasteiger partial charge in [-0.15, -0.1) is 0 Å². The van der Waals surface area contributed by atoms with E-state index in [0.717, 1.165) is 0 Å². The van der Waals surface area contributed by atoms with Crippen LogP contribution in [0, 0.1) is 5.92 Å². The lowest BCUT2D eigenvalue weighted by Crippen LogP contribution is -2.63. The lowest BCUT2D eigenvalue weighted by molar-refractivity contribution is -0.163. The molecule has 6 heteroatoms. The summed E-state index contributed by atoms with van der Waals surface area (Å²) in [5.74, 6) is -2.52. The van der Waals surface area contributed by atoms with Crippen LogP contribution in [-0.4, -0.2) is 39.2 Å². The van der Waals surface area contributed by atoms with Crippen LogP contribution in [0.1, 0.15) is 28.7 Å². The summed E-state index contributed by atoms with van der Waals surface area (Å²) in [6.07, 6.45) is 0.0650. The standard InChI is InChI=1S/C22H20O6/c1-26-18(23)17-12-21(19(24)27-2)13-8-4-6-10-15(13)22(17,20(25)28-3)16-11-7-5-9-14(16)21/h4-11,17H,12H2,1-3H3. The molecule has 0 aliphatic heterocycles. The maximum Gasteiger partial charge on any atom is 0.321 e. The third-order valence-corrected chi connectivity index (χ3v) is 6.18. The van der Waals surface area contributed by atoms with Gasteiger partial charge in [-0.05, 0) is 28.7 Å². The molecular weight excluding hydrogens is 360 g/mol. The first-order valence-corrected chi connectivity index (χ1v) is 8.94. The summed E-state index contributed by atoms with van der Waals surface area (Å²) in [5.41, 5.74) is -0.112. The van der Waals surface area contributed by atoms with Crippen molar-refractivity contribution < 1.29 is 28.6 Å². The van der Waals surface area contributed by atoms with Gasteiger partial charge in [0.2, 0.25) is 0 Å². The second-order valence-corrected chi connectivity index (χ2v) is 7.07. The van der Waals surface area contributed by atoms with Crippen molar-refractivity contribution in [2.24, 2.45) is 5.92 Å². The molecule has 0 saturated carbocycles. The van der Waals surface area contributed by atoms with Crippen molar-refractivity contribution in [3.8, 4) is 0 Å². The molecule has 3 aliphatic carbocycles. The molecule has 144 valence electrons. The smallest absolute Gasteiger partial charge is 0.321 e. The summed E-state index contributed by atoms with van der Waals surface area (Å²) < 4.78 is 15.5. The van der Waals surface area contributed by atoms with E-state index < -0.39 is 34.7 Å². The van der Waals surface area contributed by atoms with Crippen molar-refractivity contribution in [1.82, 2.24) is 0 Å². The minimum atomic E-state index is -1.38. The highest BCUT2D eigenvalue weighted by atomic mass is 16.5. The van der Waals surface area contributed by atoms with Crippen LogP contribution in [-0.2, 0) is 39.4 Å². The van der Waals surface area contributed by atoms with Crippen LogP contribution in [0.15, 0.2) is 48.5 Å². The van der Waals surface area contributed by atoms with Gasteiger partial charge in [0.15, 0.2) is 0 Å². The summed E-state index contributed by atoms with van der Waals surface area (Å²) in [6.45, 7) is 0. The normalized spacial score (nSPS) is 26.6. The molecule has 2 aromatic carbocycles. The summed E-state index contributed by atoms with van der Waals surface area (Å²) in [7, 11) is 3.90. The maximum absolute atomic E-state index is 13.3. The van der Waals surface area contributed by atoms with E-state index in [1.807, 2.05) is 24.3 Å².